The molecule has 2 rings (SSSR count). The van der Waals surface area contributed by atoms with Crippen molar-refractivity contribution in [1.82, 2.24) is 30.3 Å². The monoisotopic (exact) mass is 407 g/mol. The van der Waals surface area contributed by atoms with Crippen LogP contribution < -0.4 is 10.9 Å². The van der Waals surface area contributed by atoms with Crippen molar-refractivity contribution in [3.63, 3.8) is 0 Å². The fourth-order valence-electron chi connectivity index (χ4n) is 3.21. The Labute approximate surface area is 172 Å². The van der Waals surface area contributed by atoms with E-state index in [0.717, 1.165) is 57.7 Å². The van der Waals surface area contributed by atoms with Gasteiger partial charge in [0.2, 0.25) is 18.3 Å². The summed E-state index contributed by atoms with van der Waals surface area (Å²) in [5.74, 6) is -0.513. The van der Waals surface area contributed by atoms with E-state index in [9.17, 15) is 14.8 Å². The maximum atomic E-state index is 12.5. The number of anilines is 1. The van der Waals surface area contributed by atoms with Crippen molar-refractivity contribution < 1.29 is 14.8 Å². The molecule has 0 unspecified atom stereocenters. The zero-order chi connectivity index (χ0) is 21.1. The van der Waals surface area contributed by atoms with Gasteiger partial charge in [-0.3, -0.25) is 30.5 Å². The molecule has 2 amide bonds. The Bertz CT molecular complexity index is 638. The Balaban J connectivity index is 1.87. The van der Waals surface area contributed by atoms with Crippen LogP contribution in [0.1, 0.15) is 38.3 Å². The van der Waals surface area contributed by atoms with Crippen LogP contribution in [0.4, 0.5) is 5.95 Å². The standard InChI is InChI=1S/C19H33N7O3/c1-3-4-5-6-16(13-26(29)15-27)18(28)22-23-19-20-8-7-17(21-19)14-25-11-9-24(2)10-12-25/h7-8,15-16,29H,3-6,9-14H2,1-2H3,(H,22,28)(H,20,21,23)/t16-/m1/s1. The lowest BCUT2D eigenvalue weighted by Gasteiger charge is -2.32. The summed E-state index contributed by atoms with van der Waals surface area (Å²) >= 11 is 0. The molecule has 1 aliphatic heterocycles. The number of nitrogens with one attached hydrogen (secondary N) is 2. The third-order valence-corrected chi connectivity index (χ3v) is 5.05. The van der Waals surface area contributed by atoms with Crippen LogP contribution in [-0.2, 0) is 16.1 Å². The Kier molecular flexibility index (Phi) is 9.75. The fraction of sp³-hybridized carbons (Fsp3) is 0.684. The van der Waals surface area contributed by atoms with Crippen molar-refractivity contribution in [2.45, 2.75) is 39.2 Å². The summed E-state index contributed by atoms with van der Waals surface area (Å²) in [6, 6.07) is 1.87. The third kappa shape index (κ3) is 8.30. The molecule has 0 saturated carbocycles. The Hall–Kier alpha value is -2.30. The first kappa shape index (κ1) is 23.0. The number of hydrazine groups is 1. The molecule has 0 bridgehead atoms. The topological polar surface area (TPSA) is 114 Å². The molecule has 0 aromatic carbocycles. The quantitative estimate of drug-likeness (QED) is 0.201. The van der Waals surface area contributed by atoms with Gasteiger partial charge in [-0.1, -0.05) is 26.2 Å². The second-order valence-corrected chi connectivity index (χ2v) is 7.49. The first-order valence-electron chi connectivity index (χ1n) is 10.2. The first-order chi connectivity index (χ1) is 14.0. The Morgan fingerprint density at radius 3 is 2.79 bits per heavy atom. The molecule has 2 heterocycles. The number of hydrogen-bond donors (Lipinski definition) is 3. The van der Waals surface area contributed by atoms with E-state index in [1.165, 1.54) is 0 Å². The number of unbranched alkanes of at least 4 members (excludes halogenated alkanes) is 2. The molecular weight excluding hydrogens is 374 g/mol. The average Bonchev–Trinajstić information content (AvgIpc) is 2.73. The van der Waals surface area contributed by atoms with Crippen LogP contribution in [0.25, 0.3) is 0 Å². The molecule has 1 aromatic rings. The van der Waals surface area contributed by atoms with Crippen LogP contribution in [0, 0.1) is 5.92 Å². The zero-order valence-corrected chi connectivity index (χ0v) is 17.4. The Morgan fingerprint density at radius 2 is 2.10 bits per heavy atom. The zero-order valence-electron chi connectivity index (χ0n) is 17.4. The summed E-state index contributed by atoms with van der Waals surface area (Å²) in [4.78, 5) is 36.4. The molecular formula is C19H33N7O3. The smallest absolute Gasteiger partial charge is 0.243 e. The number of amides is 2. The molecule has 0 aliphatic carbocycles. The van der Waals surface area contributed by atoms with Gasteiger partial charge in [0, 0.05) is 38.9 Å². The van der Waals surface area contributed by atoms with Crippen molar-refractivity contribution in [3.05, 3.63) is 18.0 Å². The highest BCUT2D eigenvalue weighted by Crippen LogP contribution is 2.12. The molecule has 162 valence electrons. The van der Waals surface area contributed by atoms with Gasteiger partial charge in [-0.05, 0) is 19.5 Å². The number of likely N-dealkylation sites (N-methyl/N-ethyl adjacent to an activating group) is 1. The lowest BCUT2D eigenvalue weighted by Crippen LogP contribution is -2.44. The highest BCUT2D eigenvalue weighted by molar-refractivity contribution is 5.80. The van der Waals surface area contributed by atoms with Gasteiger partial charge in [0.1, 0.15) is 0 Å². The summed E-state index contributed by atoms with van der Waals surface area (Å²) in [6.45, 7) is 6.82. The van der Waals surface area contributed by atoms with Gasteiger partial charge in [-0.25, -0.2) is 15.0 Å². The van der Waals surface area contributed by atoms with Gasteiger partial charge in [0.25, 0.3) is 0 Å². The van der Waals surface area contributed by atoms with E-state index in [1.54, 1.807) is 6.20 Å². The van der Waals surface area contributed by atoms with Crippen LogP contribution in [0.2, 0.25) is 0 Å². The summed E-state index contributed by atoms with van der Waals surface area (Å²) in [5, 5.41) is 9.96. The van der Waals surface area contributed by atoms with E-state index in [-0.39, 0.29) is 12.5 Å². The molecule has 0 radical (unpaired) electrons. The normalized spacial score (nSPS) is 16.2. The van der Waals surface area contributed by atoms with E-state index in [2.05, 4.69) is 44.6 Å². The third-order valence-electron chi connectivity index (χ3n) is 5.05. The number of piperazine rings is 1. The lowest BCUT2D eigenvalue weighted by atomic mass is 10.0. The van der Waals surface area contributed by atoms with Gasteiger partial charge in [-0.2, -0.15) is 0 Å². The minimum absolute atomic E-state index is 0.0506. The average molecular weight is 408 g/mol. The molecule has 1 aromatic heterocycles. The number of hydrogen-bond acceptors (Lipinski definition) is 8. The molecule has 10 heteroatoms. The van der Waals surface area contributed by atoms with E-state index in [1.807, 2.05) is 6.07 Å². The van der Waals surface area contributed by atoms with Crippen molar-refractivity contribution in [3.8, 4) is 0 Å². The second-order valence-electron chi connectivity index (χ2n) is 7.49. The molecule has 1 atom stereocenters. The van der Waals surface area contributed by atoms with E-state index in [4.69, 9.17) is 0 Å². The van der Waals surface area contributed by atoms with Gasteiger partial charge in [0.05, 0.1) is 18.2 Å². The van der Waals surface area contributed by atoms with Crippen LogP contribution in [0.5, 0.6) is 0 Å². The number of rotatable bonds is 12. The van der Waals surface area contributed by atoms with Crippen molar-refractivity contribution in [2.75, 3.05) is 45.2 Å². The molecule has 1 aliphatic rings. The van der Waals surface area contributed by atoms with E-state index < -0.39 is 5.92 Å². The maximum Gasteiger partial charge on any atom is 0.243 e. The van der Waals surface area contributed by atoms with Gasteiger partial charge in [-0.15, -0.1) is 0 Å². The van der Waals surface area contributed by atoms with Crippen LogP contribution in [-0.4, -0.2) is 82.1 Å². The minimum Gasteiger partial charge on any atom is -0.304 e. The summed E-state index contributed by atoms with van der Waals surface area (Å²) in [6.07, 6.45) is 5.40. The maximum absolute atomic E-state index is 12.5. The summed E-state index contributed by atoms with van der Waals surface area (Å²) in [5.41, 5.74) is 6.24. The van der Waals surface area contributed by atoms with Crippen molar-refractivity contribution in [2.24, 2.45) is 5.92 Å². The predicted octanol–water partition coefficient (Wildman–Crippen LogP) is 0.711. The minimum atomic E-state index is -0.516. The van der Waals surface area contributed by atoms with Gasteiger partial charge >= 0.3 is 0 Å². The van der Waals surface area contributed by atoms with Crippen LogP contribution in [0.3, 0.4) is 0 Å². The molecule has 1 saturated heterocycles. The van der Waals surface area contributed by atoms with Crippen LogP contribution >= 0.6 is 0 Å². The van der Waals surface area contributed by atoms with Gasteiger partial charge < -0.3 is 4.90 Å². The molecule has 0 spiro atoms. The fourth-order valence-corrected chi connectivity index (χ4v) is 3.21. The van der Waals surface area contributed by atoms with Crippen molar-refractivity contribution >= 4 is 18.3 Å². The number of nitrogens with zero attached hydrogens (tertiary/aromatic N) is 5. The predicted molar refractivity (Wildman–Crippen MR) is 109 cm³/mol. The van der Waals surface area contributed by atoms with Gasteiger partial charge in [0.15, 0.2) is 0 Å². The molecule has 3 N–H and O–H groups in total. The van der Waals surface area contributed by atoms with E-state index >= 15 is 0 Å². The number of carbonyl (C=O) groups excluding carboxylic acids is 2. The van der Waals surface area contributed by atoms with Crippen molar-refractivity contribution in [1.29, 1.82) is 0 Å². The summed E-state index contributed by atoms with van der Waals surface area (Å²) in [7, 11) is 2.12. The Morgan fingerprint density at radius 1 is 1.34 bits per heavy atom. The second kappa shape index (κ2) is 12.3. The van der Waals surface area contributed by atoms with E-state index in [0.29, 0.717) is 23.8 Å². The first-order valence-corrected chi connectivity index (χ1v) is 10.2. The number of carbonyl (C=O) groups is 2. The summed E-state index contributed by atoms with van der Waals surface area (Å²) < 4.78 is 0. The number of aromatic nitrogens is 2. The highest BCUT2D eigenvalue weighted by atomic mass is 16.5. The van der Waals surface area contributed by atoms with Crippen LogP contribution in [0.15, 0.2) is 12.3 Å². The molecule has 1 fully saturated rings. The lowest BCUT2D eigenvalue weighted by molar-refractivity contribution is -0.154. The largest absolute Gasteiger partial charge is 0.304 e. The number of hydroxylamine groups is 2. The molecule has 10 nitrogen and oxygen atoms in total. The molecule has 29 heavy (non-hydrogen) atoms. The highest BCUT2D eigenvalue weighted by Gasteiger charge is 2.21. The SMILES string of the molecule is CCCCC[C@H](CN(O)C=O)C(=O)NNc1nccc(CN2CCN(C)CC2)n1.